The van der Waals surface area contributed by atoms with Gasteiger partial charge in [-0.05, 0) is 19.3 Å². The largest absolute Gasteiger partial charge is 0.481 e. The van der Waals surface area contributed by atoms with Crippen molar-refractivity contribution in [2.75, 3.05) is 13.1 Å². The molecule has 1 saturated heterocycles. The highest BCUT2D eigenvalue weighted by molar-refractivity contribution is 7.87. The molecule has 7 heteroatoms. The van der Waals surface area contributed by atoms with Crippen molar-refractivity contribution in [3.05, 3.63) is 0 Å². The van der Waals surface area contributed by atoms with E-state index >= 15 is 0 Å². The second kappa shape index (κ2) is 4.91. The van der Waals surface area contributed by atoms with Gasteiger partial charge >= 0.3 is 5.97 Å². The monoisotopic (exact) mass is 262 g/mol. The topological polar surface area (TPSA) is 86.7 Å². The van der Waals surface area contributed by atoms with Crippen molar-refractivity contribution < 1.29 is 18.3 Å². The predicted molar refractivity (Wildman–Crippen MR) is 61.6 cm³/mol. The van der Waals surface area contributed by atoms with Crippen LogP contribution in [0.1, 0.15) is 32.1 Å². The Hall–Kier alpha value is -0.660. The summed E-state index contributed by atoms with van der Waals surface area (Å²) >= 11 is 0. The summed E-state index contributed by atoms with van der Waals surface area (Å²) in [6, 6.07) is 0.0314. The molecule has 1 saturated carbocycles. The number of nitrogens with one attached hydrogen (secondary N) is 1. The molecule has 2 N–H and O–H groups in total. The van der Waals surface area contributed by atoms with Crippen LogP contribution in [0.15, 0.2) is 0 Å². The maximum Gasteiger partial charge on any atom is 0.307 e. The van der Waals surface area contributed by atoms with Crippen molar-refractivity contribution in [2.45, 2.75) is 38.1 Å². The predicted octanol–water partition coefficient (Wildman–Crippen LogP) is 0.170. The zero-order valence-electron chi connectivity index (χ0n) is 9.63. The van der Waals surface area contributed by atoms with E-state index in [4.69, 9.17) is 5.11 Å². The van der Waals surface area contributed by atoms with E-state index < -0.39 is 22.1 Å². The van der Waals surface area contributed by atoms with E-state index in [1.807, 2.05) is 0 Å². The van der Waals surface area contributed by atoms with Gasteiger partial charge in [-0.3, -0.25) is 4.79 Å². The van der Waals surface area contributed by atoms with Crippen LogP contribution >= 0.6 is 0 Å². The summed E-state index contributed by atoms with van der Waals surface area (Å²) in [6.45, 7) is 0.399. The molecule has 2 rings (SSSR count). The van der Waals surface area contributed by atoms with Gasteiger partial charge in [0.05, 0.1) is 5.92 Å². The maximum atomic E-state index is 12.0. The van der Waals surface area contributed by atoms with Gasteiger partial charge in [-0.1, -0.05) is 12.8 Å². The number of carboxylic acids is 1. The molecular formula is C10H18N2O4S. The van der Waals surface area contributed by atoms with Gasteiger partial charge in [0.15, 0.2) is 0 Å². The third-order valence-electron chi connectivity index (χ3n) is 3.51. The molecule has 1 unspecified atom stereocenters. The van der Waals surface area contributed by atoms with Crippen LogP contribution in [-0.4, -0.2) is 42.9 Å². The lowest BCUT2D eigenvalue weighted by atomic mass is 10.1. The van der Waals surface area contributed by atoms with Crippen LogP contribution in [0.25, 0.3) is 0 Å². The summed E-state index contributed by atoms with van der Waals surface area (Å²) in [5, 5.41) is 8.84. The van der Waals surface area contributed by atoms with Gasteiger partial charge in [-0.2, -0.15) is 17.4 Å². The van der Waals surface area contributed by atoms with Gasteiger partial charge in [0.25, 0.3) is 10.2 Å². The lowest BCUT2D eigenvalue weighted by Gasteiger charge is -2.19. The zero-order chi connectivity index (χ0) is 12.5. The van der Waals surface area contributed by atoms with Crippen molar-refractivity contribution in [2.24, 2.45) is 5.92 Å². The Labute approximate surface area is 101 Å². The summed E-state index contributed by atoms with van der Waals surface area (Å²) in [4.78, 5) is 10.8. The van der Waals surface area contributed by atoms with Gasteiger partial charge in [0.2, 0.25) is 0 Å². The molecule has 98 valence electrons. The van der Waals surface area contributed by atoms with Crippen molar-refractivity contribution in [1.82, 2.24) is 9.03 Å². The average molecular weight is 262 g/mol. The summed E-state index contributed by atoms with van der Waals surface area (Å²) in [7, 11) is -3.49. The van der Waals surface area contributed by atoms with Gasteiger partial charge in [0, 0.05) is 19.1 Å². The number of nitrogens with zero attached hydrogens (tertiary/aromatic N) is 1. The van der Waals surface area contributed by atoms with Gasteiger partial charge in [0.1, 0.15) is 0 Å². The van der Waals surface area contributed by atoms with Crippen LogP contribution in [0.3, 0.4) is 0 Å². The first-order chi connectivity index (χ1) is 7.99. The van der Waals surface area contributed by atoms with Crippen LogP contribution < -0.4 is 4.72 Å². The highest BCUT2D eigenvalue weighted by atomic mass is 32.2. The van der Waals surface area contributed by atoms with Crippen LogP contribution in [0, 0.1) is 5.92 Å². The lowest BCUT2D eigenvalue weighted by Crippen LogP contribution is -2.43. The Bertz CT molecular complexity index is 389. The molecular weight excluding hydrogens is 244 g/mol. The lowest BCUT2D eigenvalue weighted by molar-refractivity contribution is -0.141. The molecule has 1 atom stereocenters. The smallest absolute Gasteiger partial charge is 0.307 e. The Morgan fingerprint density at radius 2 is 1.88 bits per heavy atom. The average Bonchev–Trinajstić information content (AvgIpc) is 2.84. The number of rotatable bonds is 4. The summed E-state index contributed by atoms with van der Waals surface area (Å²) < 4.78 is 27.9. The first-order valence-electron chi connectivity index (χ1n) is 5.99. The van der Waals surface area contributed by atoms with E-state index in [1.165, 1.54) is 4.31 Å². The summed E-state index contributed by atoms with van der Waals surface area (Å²) in [6.07, 6.45) is 4.29. The Balaban J connectivity index is 1.94. The fourth-order valence-electron chi connectivity index (χ4n) is 2.48. The number of carboxylic acid groups (broad SMARTS) is 1. The van der Waals surface area contributed by atoms with Crippen LogP contribution in [0.2, 0.25) is 0 Å². The number of hydrogen-bond acceptors (Lipinski definition) is 3. The number of hydrogen-bond donors (Lipinski definition) is 2. The molecule has 2 aliphatic rings. The first kappa shape index (κ1) is 12.8. The molecule has 0 spiro atoms. The quantitative estimate of drug-likeness (QED) is 0.756. The number of aliphatic carboxylic acids is 1. The first-order valence-corrected chi connectivity index (χ1v) is 7.43. The fraction of sp³-hybridized carbons (Fsp3) is 0.900. The minimum Gasteiger partial charge on any atom is -0.481 e. The molecule has 0 bridgehead atoms. The Morgan fingerprint density at radius 3 is 2.41 bits per heavy atom. The van der Waals surface area contributed by atoms with Gasteiger partial charge in [-0.25, -0.2) is 0 Å². The van der Waals surface area contributed by atoms with Crippen LogP contribution in [0.5, 0.6) is 0 Å². The van der Waals surface area contributed by atoms with Gasteiger partial charge in [-0.15, -0.1) is 0 Å². The highest BCUT2D eigenvalue weighted by Gasteiger charge is 2.36. The molecule has 1 aliphatic heterocycles. The van der Waals surface area contributed by atoms with Crippen molar-refractivity contribution in [3.63, 3.8) is 0 Å². The molecule has 0 radical (unpaired) electrons. The van der Waals surface area contributed by atoms with E-state index in [-0.39, 0.29) is 12.6 Å². The summed E-state index contributed by atoms with van der Waals surface area (Å²) in [5.74, 6) is -1.47. The van der Waals surface area contributed by atoms with Gasteiger partial charge < -0.3 is 5.11 Å². The molecule has 0 aromatic rings. The highest BCUT2D eigenvalue weighted by Crippen LogP contribution is 2.22. The molecule has 6 nitrogen and oxygen atoms in total. The molecule has 2 fully saturated rings. The normalized spacial score (nSPS) is 27.6. The minimum atomic E-state index is -3.49. The maximum absolute atomic E-state index is 12.0. The van der Waals surface area contributed by atoms with Crippen molar-refractivity contribution in [1.29, 1.82) is 0 Å². The van der Waals surface area contributed by atoms with E-state index in [0.29, 0.717) is 13.0 Å². The Kier molecular flexibility index (Phi) is 3.70. The van der Waals surface area contributed by atoms with Crippen LogP contribution in [-0.2, 0) is 15.0 Å². The molecule has 1 heterocycles. The van der Waals surface area contributed by atoms with E-state index in [1.54, 1.807) is 0 Å². The molecule has 0 aromatic heterocycles. The molecule has 1 aliphatic carbocycles. The molecule has 0 aromatic carbocycles. The summed E-state index contributed by atoms with van der Waals surface area (Å²) in [5.41, 5.74) is 0. The third kappa shape index (κ3) is 2.97. The minimum absolute atomic E-state index is 0.0314. The third-order valence-corrected chi connectivity index (χ3v) is 5.15. The second-order valence-electron chi connectivity index (χ2n) is 4.79. The van der Waals surface area contributed by atoms with E-state index in [0.717, 1.165) is 25.7 Å². The SMILES string of the molecule is O=C(O)C1CCN(S(=O)(=O)NC2CCCC2)C1. The molecule has 0 amide bonds. The second-order valence-corrected chi connectivity index (χ2v) is 6.49. The van der Waals surface area contributed by atoms with Crippen molar-refractivity contribution in [3.8, 4) is 0 Å². The fourth-order valence-corrected chi connectivity index (χ4v) is 4.00. The number of carbonyl (C=O) groups is 1. The Morgan fingerprint density at radius 1 is 1.24 bits per heavy atom. The van der Waals surface area contributed by atoms with Crippen LogP contribution in [0.4, 0.5) is 0 Å². The van der Waals surface area contributed by atoms with E-state index in [2.05, 4.69) is 4.72 Å². The molecule has 17 heavy (non-hydrogen) atoms. The standard InChI is InChI=1S/C10H18N2O4S/c13-10(14)8-5-6-12(7-8)17(15,16)11-9-3-1-2-4-9/h8-9,11H,1-7H2,(H,13,14). The zero-order valence-corrected chi connectivity index (χ0v) is 10.4. The van der Waals surface area contributed by atoms with E-state index in [9.17, 15) is 13.2 Å². The van der Waals surface area contributed by atoms with Crippen molar-refractivity contribution >= 4 is 16.2 Å².